The van der Waals surface area contributed by atoms with Crippen LogP contribution in [0.4, 0.5) is 5.69 Å². The number of rotatable bonds is 6. The zero-order valence-electron chi connectivity index (χ0n) is 17.6. The SMILES string of the molecule is CCOC(=O)c1cccc(N=c2oc3ccc(Br)cc3cc2C(=O)NC[C@@H]2CCCO2)c1. The van der Waals surface area contributed by atoms with E-state index in [2.05, 4.69) is 26.2 Å². The first-order valence-corrected chi connectivity index (χ1v) is 11.3. The molecular formula is C24H23BrN2O5. The summed E-state index contributed by atoms with van der Waals surface area (Å²) >= 11 is 3.45. The molecule has 1 atom stereocenters. The van der Waals surface area contributed by atoms with Crippen LogP contribution in [0.1, 0.15) is 40.5 Å². The summed E-state index contributed by atoms with van der Waals surface area (Å²) in [7, 11) is 0. The fraction of sp³-hybridized carbons (Fsp3) is 0.292. The van der Waals surface area contributed by atoms with Crippen LogP contribution in [0.5, 0.6) is 0 Å². The van der Waals surface area contributed by atoms with Gasteiger partial charge in [0.1, 0.15) is 11.1 Å². The van der Waals surface area contributed by atoms with E-state index < -0.39 is 5.97 Å². The summed E-state index contributed by atoms with van der Waals surface area (Å²) in [5.74, 6) is -0.731. The molecule has 2 aromatic carbocycles. The van der Waals surface area contributed by atoms with Crippen molar-refractivity contribution in [1.29, 1.82) is 0 Å². The maximum atomic E-state index is 13.0. The number of halogens is 1. The van der Waals surface area contributed by atoms with Gasteiger partial charge in [-0.1, -0.05) is 22.0 Å². The van der Waals surface area contributed by atoms with Crippen molar-refractivity contribution in [2.75, 3.05) is 19.8 Å². The quantitative estimate of drug-likeness (QED) is 0.504. The summed E-state index contributed by atoms with van der Waals surface area (Å²) in [6.45, 7) is 3.18. The smallest absolute Gasteiger partial charge is 0.338 e. The maximum absolute atomic E-state index is 13.0. The van der Waals surface area contributed by atoms with Gasteiger partial charge in [0.2, 0.25) is 5.55 Å². The zero-order valence-corrected chi connectivity index (χ0v) is 19.2. The Labute approximate surface area is 193 Å². The molecule has 1 N–H and O–H groups in total. The lowest BCUT2D eigenvalue weighted by Gasteiger charge is -2.11. The average Bonchev–Trinajstić information content (AvgIpc) is 3.31. The number of hydrogen-bond donors (Lipinski definition) is 1. The highest BCUT2D eigenvalue weighted by atomic mass is 79.9. The van der Waals surface area contributed by atoms with E-state index in [0.29, 0.717) is 28.9 Å². The van der Waals surface area contributed by atoms with Crippen molar-refractivity contribution >= 4 is 44.5 Å². The summed E-state index contributed by atoms with van der Waals surface area (Å²) in [5.41, 5.74) is 1.90. The van der Waals surface area contributed by atoms with Crippen LogP contribution in [0.25, 0.3) is 11.0 Å². The topological polar surface area (TPSA) is 90.1 Å². The molecule has 1 aliphatic rings. The lowest BCUT2D eigenvalue weighted by Crippen LogP contribution is -2.34. The Morgan fingerprint density at radius 1 is 1.22 bits per heavy atom. The van der Waals surface area contributed by atoms with Crippen LogP contribution in [-0.4, -0.2) is 37.7 Å². The van der Waals surface area contributed by atoms with E-state index in [4.69, 9.17) is 13.9 Å². The Balaban J connectivity index is 1.74. The highest BCUT2D eigenvalue weighted by Gasteiger charge is 2.19. The number of esters is 1. The van der Waals surface area contributed by atoms with Crippen molar-refractivity contribution in [1.82, 2.24) is 5.32 Å². The minimum Gasteiger partial charge on any atom is -0.462 e. The van der Waals surface area contributed by atoms with E-state index in [0.717, 1.165) is 29.3 Å². The van der Waals surface area contributed by atoms with E-state index in [1.54, 1.807) is 37.3 Å². The van der Waals surface area contributed by atoms with Crippen molar-refractivity contribution in [2.24, 2.45) is 4.99 Å². The molecule has 1 aliphatic heterocycles. The molecule has 4 rings (SSSR count). The van der Waals surface area contributed by atoms with Crippen molar-refractivity contribution in [3.63, 3.8) is 0 Å². The van der Waals surface area contributed by atoms with Gasteiger partial charge in [-0.15, -0.1) is 0 Å². The molecule has 1 saturated heterocycles. The molecule has 0 radical (unpaired) electrons. The fourth-order valence-electron chi connectivity index (χ4n) is 3.49. The van der Waals surface area contributed by atoms with Gasteiger partial charge in [0.15, 0.2) is 0 Å². The standard InChI is InChI=1S/C24H23BrN2O5/c1-2-30-24(29)15-5-3-6-18(12-15)27-23-20(22(28)26-14-19-7-4-10-31-19)13-16-11-17(25)8-9-21(16)32-23/h3,5-6,8-9,11-13,19H,2,4,7,10,14H2,1H3,(H,26,28)/t19-/m0/s1. The number of nitrogens with zero attached hydrogens (tertiary/aromatic N) is 1. The van der Waals surface area contributed by atoms with Crippen LogP contribution in [0.15, 0.2) is 62.4 Å². The van der Waals surface area contributed by atoms with Crippen molar-refractivity contribution in [2.45, 2.75) is 25.9 Å². The summed E-state index contributed by atoms with van der Waals surface area (Å²) in [4.78, 5) is 29.6. The van der Waals surface area contributed by atoms with Gasteiger partial charge in [0.05, 0.1) is 24.0 Å². The number of nitrogens with one attached hydrogen (secondary N) is 1. The molecule has 0 aliphatic carbocycles. The van der Waals surface area contributed by atoms with Crippen LogP contribution in [0, 0.1) is 0 Å². The van der Waals surface area contributed by atoms with Crippen molar-refractivity contribution < 1.29 is 23.5 Å². The minimum atomic E-state index is -0.431. The number of benzene rings is 2. The Bertz CT molecular complexity index is 1210. The fourth-order valence-corrected chi connectivity index (χ4v) is 3.87. The van der Waals surface area contributed by atoms with Crippen molar-refractivity contribution in [3.8, 4) is 0 Å². The molecule has 1 fully saturated rings. The minimum absolute atomic E-state index is 0.0205. The Morgan fingerprint density at radius 3 is 2.88 bits per heavy atom. The molecule has 0 spiro atoms. The Hall–Kier alpha value is -2.97. The van der Waals surface area contributed by atoms with Gasteiger partial charge in [-0.2, -0.15) is 0 Å². The van der Waals surface area contributed by atoms with Gasteiger partial charge in [-0.3, -0.25) is 4.79 Å². The molecule has 166 valence electrons. The second kappa shape index (κ2) is 10.1. The predicted molar refractivity (Wildman–Crippen MR) is 123 cm³/mol. The third-order valence-electron chi connectivity index (χ3n) is 5.06. The van der Waals surface area contributed by atoms with E-state index in [9.17, 15) is 9.59 Å². The molecule has 32 heavy (non-hydrogen) atoms. The van der Waals surface area contributed by atoms with E-state index >= 15 is 0 Å². The van der Waals surface area contributed by atoms with Gasteiger partial charge < -0.3 is 19.2 Å². The Kier molecular flexibility index (Phi) is 7.02. The first-order valence-electron chi connectivity index (χ1n) is 10.5. The molecule has 7 nitrogen and oxygen atoms in total. The maximum Gasteiger partial charge on any atom is 0.338 e. The first kappa shape index (κ1) is 22.2. The van der Waals surface area contributed by atoms with E-state index in [1.807, 2.05) is 18.2 Å². The second-order valence-electron chi connectivity index (χ2n) is 7.38. The molecule has 3 aromatic rings. The number of carbonyl (C=O) groups excluding carboxylic acids is 2. The summed E-state index contributed by atoms with van der Waals surface area (Å²) in [6, 6.07) is 14.0. The largest absolute Gasteiger partial charge is 0.462 e. The van der Waals surface area contributed by atoms with Gasteiger partial charge in [0, 0.05) is 23.0 Å². The van der Waals surface area contributed by atoms with Crippen LogP contribution in [0.2, 0.25) is 0 Å². The van der Waals surface area contributed by atoms with E-state index in [-0.39, 0.29) is 24.2 Å². The highest BCUT2D eigenvalue weighted by molar-refractivity contribution is 9.10. The van der Waals surface area contributed by atoms with Crippen LogP contribution < -0.4 is 10.9 Å². The molecule has 0 unspecified atom stereocenters. The van der Waals surface area contributed by atoms with Gasteiger partial charge >= 0.3 is 5.97 Å². The number of hydrogen-bond acceptors (Lipinski definition) is 6. The molecular weight excluding hydrogens is 476 g/mol. The summed E-state index contributed by atoms with van der Waals surface area (Å²) in [5, 5.41) is 3.69. The number of carbonyl (C=O) groups is 2. The molecule has 0 saturated carbocycles. The number of amides is 1. The van der Waals surface area contributed by atoms with Crippen LogP contribution >= 0.6 is 15.9 Å². The zero-order chi connectivity index (χ0) is 22.5. The van der Waals surface area contributed by atoms with Gasteiger partial charge in [-0.05, 0) is 62.2 Å². The van der Waals surface area contributed by atoms with Gasteiger partial charge in [-0.25, -0.2) is 9.79 Å². The van der Waals surface area contributed by atoms with Crippen molar-refractivity contribution in [3.05, 3.63) is 69.7 Å². The number of fused-ring (bicyclic) bond motifs is 1. The normalized spacial score (nSPS) is 16.3. The lowest BCUT2D eigenvalue weighted by atomic mass is 10.1. The summed E-state index contributed by atoms with van der Waals surface area (Å²) < 4.78 is 17.5. The monoisotopic (exact) mass is 498 g/mol. The third-order valence-corrected chi connectivity index (χ3v) is 5.55. The number of ether oxygens (including phenoxy) is 2. The first-order chi connectivity index (χ1) is 15.5. The third kappa shape index (κ3) is 5.26. The Morgan fingerprint density at radius 2 is 2.09 bits per heavy atom. The van der Waals surface area contributed by atoms with Crippen LogP contribution in [-0.2, 0) is 9.47 Å². The lowest BCUT2D eigenvalue weighted by molar-refractivity contribution is 0.0526. The molecule has 8 heteroatoms. The average molecular weight is 499 g/mol. The van der Waals surface area contributed by atoms with E-state index in [1.165, 1.54) is 0 Å². The molecule has 1 amide bonds. The highest BCUT2D eigenvalue weighted by Crippen LogP contribution is 2.21. The molecule has 0 bridgehead atoms. The van der Waals surface area contributed by atoms with Crippen LogP contribution in [0.3, 0.4) is 0 Å². The molecule has 1 aromatic heterocycles. The predicted octanol–water partition coefficient (Wildman–Crippen LogP) is 4.51. The summed E-state index contributed by atoms with van der Waals surface area (Å²) in [6.07, 6.45) is 1.94. The van der Waals surface area contributed by atoms with Gasteiger partial charge in [0.25, 0.3) is 5.91 Å². The second-order valence-corrected chi connectivity index (χ2v) is 8.29. The molecule has 2 heterocycles.